The lowest BCUT2D eigenvalue weighted by molar-refractivity contribution is 0.293. The monoisotopic (exact) mass is 438 g/mol. The van der Waals surface area contributed by atoms with Gasteiger partial charge in [-0.25, -0.2) is 13.4 Å². The van der Waals surface area contributed by atoms with Crippen molar-refractivity contribution in [3.8, 4) is 0 Å². The van der Waals surface area contributed by atoms with Gasteiger partial charge in [-0.3, -0.25) is 4.90 Å². The van der Waals surface area contributed by atoms with Gasteiger partial charge in [-0.15, -0.1) is 11.3 Å². The van der Waals surface area contributed by atoms with E-state index in [1.807, 2.05) is 24.4 Å². The lowest BCUT2D eigenvalue weighted by Crippen LogP contribution is -2.44. The van der Waals surface area contributed by atoms with E-state index in [9.17, 15) is 8.42 Å². The summed E-state index contributed by atoms with van der Waals surface area (Å²) in [6, 6.07) is 12.6. The third-order valence-electron chi connectivity index (χ3n) is 6.52. The number of likely N-dealkylation sites (tertiary alicyclic amines) is 1. The van der Waals surface area contributed by atoms with Crippen molar-refractivity contribution in [1.29, 1.82) is 0 Å². The SMILES string of the molecule is CN1CC2CC1CN2c1ccnc2[nH]c3ccc(CS(=O)(=O)c4cccs4)cc3c12. The molecule has 8 heteroatoms. The van der Waals surface area contributed by atoms with Gasteiger partial charge in [0.15, 0.2) is 9.84 Å². The number of hydrogen-bond donors (Lipinski definition) is 1. The first-order chi connectivity index (χ1) is 14.5. The van der Waals surface area contributed by atoms with Crippen LogP contribution in [0.3, 0.4) is 0 Å². The van der Waals surface area contributed by atoms with E-state index in [1.54, 1.807) is 17.5 Å². The van der Waals surface area contributed by atoms with Crippen LogP contribution in [0.25, 0.3) is 21.9 Å². The number of aromatic nitrogens is 2. The molecule has 3 aromatic heterocycles. The van der Waals surface area contributed by atoms with Crippen molar-refractivity contribution in [1.82, 2.24) is 14.9 Å². The Hall–Kier alpha value is -2.42. The number of pyridine rings is 1. The summed E-state index contributed by atoms with van der Waals surface area (Å²) in [6.07, 6.45) is 3.07. The maximum Gasteiger partial charge on any atom is 0.191 e. The highest BCUT2D eigenvalue weighted by molar-refractivity contribution is 7.92. The Morgan fingerprint density at radius 1 is 1.20 bits per heavy atom. The number of piperazine rings is 1. The van der Waals surface area contributed by atoms with Gasteiger partial charge in [0.2, 0.25) is 0 Å². The molecule has 0 saturated carbocycles. The first-order valence-electron chi connectivity index (χ1n) is 10.1. The first kappa shape index (κ1) is 18.4. The van der Waals surface area contributed by atoms with E-state index < -0.39 is 9.84 Å². The summed E-state index contributed by atoms with van der Waals surface area (Å²) in [5.41, 5.74) is 3.85. The van der Waals surface area contributed by atoms with Gasteiger partial charge >= 0.3 is 0 Å². The molecule has 4 aromatic rings. The van der Waals surface area contributed by atoms with Crippen LogP contribution in [0.4, 0.5) is 5.69 Å². The number of aromatic amines is 1. The molecule has 154 valence electrons. The molecular weight excluding hydrogens is 416 g/mol. The summed E-state index contributed by atoms with van der Waals surface area (Å²) in [4.78, 5) is 12.9. The van der Waals surface area contributed by atoms with Crippen LogP contribution in [0.5, 0.6) is 0 Å². The smallest absolute Gasteiger partial charge is 0.191 e. The van der Waals surface area contributed by atoms with Crippen LogP contribution in [0.2, 0.25) is 0 Å². The maximum absolute atomic E-state index is 12.8. The fourth-order valence-corrected chi connectivity index (χ4v) is 7.49. The van der Waals surface area contributed by atoms with E-state index in [2.05, 4.69) is 32.9 Å². The molecule has 0 amide bonds. The molecule has 1 N–H and O–H groups in total. The van der Waals surface area contributed by atoms with Crippen LogP contribution >= 0.6 is 11.3 Å². The van der Waals surface area contributed by atoms with E-state index in [0.29, 0.717) is 16.3 Å². The van der Waals surface area contributed by atoms with Crippen molar-refractivity contribution in [3.05, 3.63) is 53.5 Å². The molecule has 2 aliphatic heterocycles. The number of anilines is 1. The number of hydrogen-bond acceptors (Lipinski definition) is 6. The van der Waals surface area contributed by atoms with Gasteiger partial charge in [-0.2, -0.15) is 0 Å². The number of thiophene rings is 1. The zero-order chi connectivity index (χ0) is 20.5. The maximum atomic E-state index is 12.8. The van der Waals surface area contributed by atoms with Gasteiger partial charge in [-0.05, 0) is 48.7 Å². The number of nitrogens with one attached hydrogen (secondary N) is 1. The highest BCUT2D eigenvalue weighted by Crippen LogP contribution is 2.39. The molecule has 2 bridgehead atoms. The molecule has 2 saturated heterocycles. The van der Waals surface area contributed by atoms with Crippen LogP contribution in [0, 0.1) is 0 Å². The quantitative estimate of drug-likeness (QED) is 0.527. The lowest BCUT2D eigenvalue weighted by atomic mass is 10.1. The van der Waals surface area contributed by atoms with E-state index >= 15 is 0 Å². The van der Waals surface area contributed by atoms with Gasteiger partial charge in [0.25, 0.3) is 0 Å². The lowest BCUT2D eigenvalue weighted by Gasteiger charge is -2.34. The first-order valence-corrected chi connectivity index (χ1v) is 12.7. The molecule has 2 atom stereocenters. The average Bonchev–Trinajstić information content (AvgIpc) is 3.49. The zero-order valence-electron chi connectivity index (χ0n) is 16.6. The van der Waals surface area contributed by atoms with E-state index in [-0.39, 0.29) is 5.75 Å². The average molecular weight is 439 g/mol. The van der Waals surface area contributed by atoms with Crippen LogP contribution in [0.15, 0.2) is 52.2 Å². The second kappa shape index (κ2) is 6.54. The van der Waals surface area contributed by atoms with Crippen molar-refractivity contribution in [2.24, 2.45) is 0 Å². The molecule has 0 aliphatic carbocycles. The number of nitrogens with zero attached hydrogens (tertiary/aromatic N) is 3. The number of rotatable bonds is 4. The van der Waals surface area contributed by atoms with E-state index in [4.69, 9.17) is 0 Å². The van der Waals surface area contributed by atoms with Crippen LogP contribution < -0.4 is 4.90 Å². The summed E-state index contributed by atoms with van der Waals surface area (Å²) < 4.78 is 26.0. The second-order valence-corrected chi connectivity index (χ2v) is 11.5. The van der Waals surface area contributed by atoms with E-state index in [1.165, 1.54) is 23.4 Å². The summed E-state index contributed by atoms with van der Waals surface area (Å²) in [5, 5.41) is 3.94. The normalized spacial score (nSPS) is 22.0. The standard InChI is InChI=1S/C22H22N4O2S2/c1-25-11-16-10-15(25)12-26(16)19-6-7-23-22-21(19)17-9-14(4-5-18(17)24-22)13-30(27,28)20-3-2-8-29-20/h2-9,15-16H,10-13H2,1H3,(H,23,24). The van der Waals surface area contributed by atoms with Crippen molar-refractivity contribution >= 4 is 48.8 Å². The molecule has 30 heavy (non-hydrogen) atoms. The van der Waals surface area contributed by atoms with Crippen molar-refractivity contribution in [2.45, 2.75) is 28.5 Å². The number of sulfone groups is 1. The topological polar surface area (TPSA) is 69.3 Å². The molecular formula is C22H22N4O2S2. The second-order valence-electron chi connectivity index (χ2n) is 8.39. The Morgan fingerprint density at radius 3 is 2.83 bits per heavy atom. The van der Waals surface area contributed by atoms with Gasteiger partial charge in [0.05, 0.1) is 11.4 Å². The van der Waals surface area contributed by atoms with Crippen LogP contribution in [-0.2, 0) is 15.6 Å². The fourth-order valence-electron chi connectivity index (χ4n) is 5.07. The summed E-state index contributed by atoms with van der Waals surface area (Å²) in [7, 11) is -1.13. The molecule has 1 aromatic carbocycles. The third-order valence-corrected chi connectivity index (χ3v) is 9.69. The van der Waals surface area contributed by atoms with Crippen LogP contribution in [-0.4, -0.2) is 55.5 Å². The minimum absolute atomic E-state index is 0.00489. The van der Waals surface area contributed by atoms with Gasteiger partial charge < -0.3 is 9.88 Å². The number of fused-ring (bicyclic) bond motifs is 5. The highest BCUT2D eigenvalue weighted by atomic mass is 32.2. The Balaban J connectivity index is 1.45. The number of likely N-dealkylation sites (N-methyl/N-ethyl adjacent to an activating group) is 1. The minimum Gasteiger partial charge on any atom is -0.365 e. The Morgan fingerprint density at radius 2 is 2.10 bits per heavy atom. The predicted octanol–water partition coefficient (Wildman–Crippen LogP) is 3.64. The molecule has 5 heterocycles. The Bertz CT molecular complexity index is 1360. The Labute approximate surface area is 179 Å². The number of benzene rings is 1. The molecule has 0 spiro atoms. The molecule has 2 unspecified atom stereocenters. The largest absolute Gasteiger partial charge is 0.365 e. The van der Waals surface area contributed by atoms with Gasteiger partial charge in [0, 0.05) is 47.7 Å². The van der Waals surface area contributed by atoms with Gasteiger partial charge in [-0.1, -0.05) is 12.1 Å². The summed E-state index contributed by atoms with van der Waals surface area (Å²) >= 11 is 1.27. The molecule has 6 nitrogen and oxygen atoms in total. The molecule has 6 rings (SSSR count). The number of H-pyrrole nitrogens is 1. The molecule has 2 fully saturated rings. The summed E-state index contributed by atoms with van der Waals surface area (Å²) in [6.45, 7) is 2.11. The fraction of sp³-hybridized carbons (Fsp3) is 0.318. The summed E-state index contributed by atoms with van der Waals surface area (Å²) in [5.74, 6) is 0.00489. The van der Waals surface area contributed by atoms with Gasteiger partial charge in [0.1, 0.15) is 9.86 Å². The predicted molar refractivity (Wildman–Crippen MR) is 121 cm³/mol. The highest BCUT2D eigenvalue weighted by Gasteiger charge is 2.42. The van der Waals surface area contributed by atoms with E-state index in [0.717, 1.165) is 40.6 Å². The minimum atomic E-state index is -3.34. The molecule has 0 radical (unpaired) electrons. The van der Waals surface area contributed by atoms with Crippen molar-refractivity contribution < 1.29 is 8.42 Å². The third kappa shape index (κ3) is 2.78. The van der Waals surface area contributed by atoms with Crippen molar-refractivity contribution in [2.75, 3.05) is 25.0 Å². The van der Waals surface area contributed by atoms with Crippen molar-refractivity contribution in [3.63, 3.8) is 0 Å². The molecule has 2 aliphatic rings. The van der Waals surface area contributed by atoms with Crippen LogP contribution in [0.1, 0.15) is 12.0 Å². The zero-order valence-corrected chi connectivity index (χ0v) is 18.2. The Kier molecular flexibility index (Phi) is 4.00.